The van der Waals surface area contributed by atoms with Crippen LogP contribution in [0.25, 0.3) is 0 Å². The summed E-state index contributed by atoms with van der Waals surface area (Å²) in [5.41, 5.74) is 0.572. The fourth-order valence-corrected chi connectivity index (χ4v) is 5.37. The summed E-state index contributed by atoms with van der Waals surface area (Å²) >= 11 is 0. The predicted molar refractivity (Wildman–Crippen MR) is 131 cm³/mol. The molecule has 0 atom stereocenters. The normalized spacial score (nSPS) is 13.2. The summed E-state index contributed by atoms with van der Waals surface area (Å²) in [6, 6.07) is 18.9. The van der Waals surface area contributed by atoms with E-state index < -0.39 is 33.8 Å². The van der Waals surface area contributed by atoms with Gasteiger partial charge in [-0.15, -0.1) is 0 Å². The molecule has 9 heteroatoms. The minimum Gasteiger partial charge on any atom is -0.486 e. The summed E-state index contributed by atoms with van der Waals surface area (Å²) in [7, 11) is -4.20. The van der Waals surface area contributed by atoms with Gasteiger partial charge in [-0.05, 0) is 62.2 Å². The number of nitrogens with one attached hydrogen (secondary N) is 1. The number of amides is 1. The fraction of sp³-hybridized carbons (Fsp3) is 0.269. The van der Waals surface area contributed by atoms with Crippen molar-refractivity contribution in [2.24, 2.45) is 0 Å². The van der Waals surface area contributed by atoms with Crippen LogP contribution in [0.5, 0.6) is 11.5 Å². The van der Waals surface area contributed by atoms with Gasteiger partial charge in [-0.25, -0.2) is 12.8 Å². The average molecular weight is 499 g/mol. The first kappa shape index (κ1) is 24.5. The largest absolute Gasteiger partial charge is 0.486 e. The van der Waals surface area contributed by atoms with Crippen molar-refractivity contribution in [1.29, 1.82) is 0 Å². The van der Waals surface area contributed by atoms with Crippen LogP contribution in [-0.4, -0.2) is 39.6 Å². The van der Waals surface area contributed by atoms with Gasteiger partial charge in [0.25, 0.3) is 10.0 Å². The molecule has 4 rings (SSSR count). The Morgan fingerprint density at radius 3 is 2.31 bits per heavy atom. The molecule has 0 aromatic heterocycles. The van der Waals surface area contributed by atoms with Crippen molar-refractivity contribution in [3.05, 3.63) is 84.2 Å². The summed E-state index contributed by atoms with van der Waals surface area (Å²) in [5, 5.41) is 2.93. The molecule has 1 aliphatic heterocycles. The predicted octanol–water partition coefficient (Wildman–Crippen LogP) is 3.93. The van der Waals surface area contributed by atoms with Crippen LogP contribution in [-0.2, 0) is 21.2 Å². The molecular weight excluding hydrogens is 471 g/mol. The zero-order valence-corrected chi connectivity index (χ0v) is 20.3. The van der Waals surface area contributed by atoms with E-state index in [4.69, 9.17) is 9.47 Å². The van der Waals surface area contributed by atoms with Crippen LogP contribution in [0.3, 0.4) is 0 Å². The monoisotopic (exact) mass is 498 g/mol. The Morgan fingerprint density at radius 1 is 0.971 bits per heavy atom. The van der Waals surface area contributed by atoms with E-state index in [0.717, 1.165) is 22.0 Å². The van der Waals surface area contributed by atoms with Gasteiger partial charge in [0.15, 0.2) is 11.5 Å². The number of benzene rings is 3. The highest BCUT2D eigenvalue weighted by Crippen LogP contribution is 2.34. The van der Waals surface area contributed by atoms with E-state index >= 15 is 0 Å². The minimum atomic E-state index is -4.20. The Hall–Kier alpha value is -3.59. The second-order valence-electron chi connectivity index (χ2n) is 8.89. The molecule has 3 aromatic rings. The van der Waals surface area contributed by atoms with E-state index in [1.807, 2.05) is 44.2 Å². The molecule has 184 valence electrons. The van der Waals surface area contributed by atoms with Crippen LogP contribution in [0.15, 0.2) is 77.7 Å². The Balaban J connectivity index is 1.61. The number of halogens is 1. The summed E-state index contributed by atoms with van der Waals surface area (Å²) in [6.07, 6.45) is 0.561. The average Bonchev–Trinajstić information content (AvgIpc) is 2.83. The molecule has 7 nitrogen and oxygen atoms in total. The van der Waals surface area contributed by atoms with E-state index in [1.54, 1.807) is 0 Å². The molecule has 0 saturated heterocycles. The number of sulfonamides is 1. The van der Waals surface area contributed by atoms with E-state index in [0.29, 0.717) is 31.1 Å². The smallest absolute Gasteiger partial charge is 0.264 e. The van der Waals surface area contributed by atoms with Crippen LogP contribution >= 0.6 is 0 Å². The zero-order valence-electron chi connectivity index (χ0n) is 19.5. The third kappa shape index (κ3) is 5.92. The molecule has 35 heavy (non-hydrogen) atoms. The Labute approximate surface area is 204 Å². The number of anilines is 1. The van der Waals surface area contributed by atoms with Gasteiger partial charge in [-0.2, -0.15) is 0 Å². The lowest BCUT2D eigenvalue weighted by atomic mass is 9.95. The van der Waals surface area contributed by atoms with Crippen molar-refractivity contribution >= 4 is 21.6 Å². The Morgan fingerprint density at radius 2 is 1.63 bits per heavy atom. The fourth-order valence-electron chi connectivity index (χ4n) is 3.93. The SMILES string of the molecule is CC(C)(Cc1ccccc1)NC(=O)CN(c1ccc(F)cc1)S(=O)(=O)c1ccc2c(c1)OCCO2. The van der Waals surface area contributed by atoms with Crippen LogP contribution in [0.4, 0.5) is 10.1 Å². The molecule has 0 bridgehead atoms. The zero-order chi connectivity index (χ0) is 25.1. The van der Waals surface area contributed by atoms with Gasteiger partial charge in [-0.1, -0.05) is 30.3 Å². The first-order valence-electron chi connectivity index (χ1n) is 11.2. The van der Waals surface area contributed by atoms with Gasteiger partial charge in [0, 0.05) is 11.6 Å². The third-order valence-electron chi connectivity index (χ3n) is 5.47. The second-order valence-corrected chi connectivity index (χ2v) is 10.8. The molecule has 0 aliphatic carbocycles. The maximum Gasteiger partial charge on any atom is 0.264 e. The Bertz CT molecular complexity index is 1300. The molecular formula is C26H27FN2O5S. The highest BCUT2D eigenvalue weighted by atomic mass is 32.2. The van der Waals surface area contributed by atoms with Crippen molar-refractivity contribution in [3.63, 3.8) is 0 Å². The number of ether oxygens (including phenoxy) is 2. The van der Waals surface area contributed by atoms with Crippen molar-refractivity contribution in [1.82, 2.24) is 5.32 Å². The van der Waals surface area contributed by atoms with Gasteiger partial charge < -0.3 is 14.8 Å². The van der Waals surface area contributed by atoms with Gasteiger partial charge in [-0.3, -0.25) is 9.10 Å². The summed E-state index contributed by atoms with van der Waals surface area (Å²) < 4.78 is 52.8. The standard InChI is InChI=1S/C26H27FN2O5S/c1-26(2,17-19-6-4-3-5-7-19)28-25(30)18-29(21-10-8-20(27)9-11-21)35(31,32)22-12-13-23-24(16-22)34-15-14-33-23/h3-13,16H,14-15,17-18H2,1-2H3,(H,28,30). The molecule has 0 unspecified atom stereocenters. The molecule has 0 radical (unpaired) electrons. The first-order chi connectivity index (χ1) is 16.6. The molecule has 1 amide bonds. The second kappa shape index (κ2) is 9.95. The lowest BCUT2D eigenvalue weighted by Crippen LogP contribution is -2.50. The topological polar surface area (TPSA) is 84.9 Å². The van der Waals surface area contributed by atoms with Crippen LogP contribution < -0.4 is 19.1 Å². The summed E-state index contributed by atoms with van der Waals surface area (Å²) in [5.74, 6) is -0.246. The number of nitrogens with zero attached hydrogens (tertiary/aromatic N) is 1. The molecule has 1 N–H and O–H groups in total. The van der Waals surface area contributed by atoms with Crippen molar-refractivity contribution in [2.45, 2.75) is 30.7 Å². The lowest BCUT2D eigenvalue weighted by Gasteiger charge is -2.30. The molecule has 0 fully saturated rings. The number of hydrogen-bond acceptors (Lipinski definition) is 5. The van der Waals surface area contributed by atoms with Crippen LogP contribution in [0.2, 0.25) is 0 Å². The molecule has 0 saturated carbocycles. The van der Waals surface area contributed by atoms with E-state index in [9.17, 15) is 17.6 Å². The number of carbonyl (C=O) groups is 1. The quantitative estimate of drug-likeness (QED) is 0.509. The highest BCUT2D eigenvalue weighted by molar-refractivity contribution is 7.92. The van der Waals surface area contributed by atoms with Gasteiger partial charge >= 0.3 is 0 Å². The van der Waals surface area contributed by atoms with Crippen molar-refractivity contribution < 1.29 is 27.1 Å². The van der Waals surface area contributed by atoms with Crippen molar-refractivity contribution in [2.75, 3.05) is 24.1 Å². The number of carbonyl (C=O) groups excluding carboxylic acids is 1. The van der Waals surface area contributed by atoms with E-state index in [-0.39, 0.29) is 10.6 Å². The van der Waals surface area contributed by atoms with E-state index in [1.165, 1.54) is 30.3 Å². The van der Waals surface area contributed by atoms with Gasteiger partial charge in [0.2, 0.25) is 5.91 Å². The lowest BCUT2D eigenvalue weighted by molar-refractivity contribution is -0.121. The number of fused-ring (bicyclic) bond motifs is 1. The highest BCUT2D eigenvalue weighted by Gasteiger charge is 2.30. The summed E-state index contributed by atoms with van der Waals surface area (Å²) in [6.45, 7) is 3.93. The van der Waals surface area contributed by atoms with Gasteiger partial charge in [0.05, 0.1) is 10.6 Å². The number of hydrogen-bond donors (Lipinski definition) is 1. The van der Waals surface area contributed by atoms with Crippen LogP contribution in [0, 0.1) is 5.82 Å². The minimum absolute atomic E-state index is 0.0672. The molecule has 3 aromatic carbocycles. The van der Waals surface area contributed by atoms with E-state index in [2.05, 4.69) is 5.32 Å². The molecule has 0 spiro atoms. The molecule has 1 aliphatic rings. The maximum atomic E-state index is 13.7. The first-order valence-corrected chi connectivity index (χ1v) is 12.6. The number of rotatable bonds is 8. The summed E-state index contributed by atoms with van der Waals surface area (Å²) in [4.78, 5) is 13.0. The van der Waals surface area contributed by atoms with Crippen molar-refractivity contribution in [3.8, 4) is 11.5 Å². The Kier molecular flexibility index (Phi) is 6.98. The third-order valence-corrected chi connectivity index (χ3v) is 7.24. The molecule has 1 heterocycles. The van der Waals surface area contributed by atoms with Gasteiger partial charge in [0.1, 0.15) is 25.6 Å². The maximum absolute atomic E-state index is 13.7. The van der Waals surface area contributed by atoms with Crippen LogP contribution in [0.1, 0.15) is 19.4 Å².